The van der Waals surface area contributed by atoms with Crippen LogP contribution < -0.4 is 5.32 Å². The first kappa shape index (κ1) is 25.2. The Balaban J connectivity index is 0. The van der Waals surface area contributed by atoms with Gasteiger partial charge in [0, 0.05) is 18.3 Å². The van der Waals surface area contributed by atoms with Crippen LogP contribution in [0.2, 0.25) is 0 Å². The van der Waals surface area contributed by atoms with E-state index in [1.807, 2.05) is 26.1 Å². The molecular weight excluding hydrogens is 294 g/mol. The van der Waals surface area contributed by atoms with Crippen molar-refractivity contribution in [3.63, 3.8) is 0 Å². The number of aromatic nitrogens is 1. The summed E-state index contributed by atoms with van der Waals surface area (Å²) in [6, 6.07) is 4.13. The third kappa shape index (κ3) is 15.8. The van der Waals surface area contributed by atoms with Crippen molar-refractivity contribution >= 4 is 5.82 Å². The quantitative estimate of drug-likeness (QED) is 0.642. The van der Waals surface area contributed by atoms with Crippen LogP contribution in [0, 0.1) is 5.41 Å². The van der Waals surface area contributed by atoms with Crippen LogP contribution in [0.4, 0.5) is 5.82 Å². The molecule has 0 aliphatic carbocycles. The van der Waals surface area contributed by atoms with Crippen molar-refractivity contribution in [1.29, 1.82) is 0 Å². The van der Waals surface area contributed by atoms with Crippen LogP contribution in [0.25, 0.3) is 0 Å². The Bertz CT molecular complexity index is 381. The zero-order valence-electron chi connectivity index (χ0n) is 18.2. The minimum atomic E-state index is 0.333. The molecule has 0 amide bonds. The largest absolute Gasteiger partial charge is 0.370 e. The fraction of sp³-hybridized carbons (Fsp3) is 0.762. The molecule has 3 heteroatoms. The van der Waals surface area contributed by atoms with Crippen LogP contribution in [-0.2, 0) is 6.42 Å². The summed E-state index contributed by atoms with van der Waals surface area (Å²) in [5.74, 6) is 1.08. The van der Waals surface area contributed by atoms with Crippen LogP contribution in [0.5, 0.6) is 0 Å². The lowest BCUT2D eigenvalue weighted by Crippen LogP contribution is -2.34. The maximum Gasteiger partial charge on any atom is 0.129 e. The highest BCUT2D eigenvalue weighted by Crippen LogP contribution is 2.17. The second-order valence-electron chi connectivity index (χ2n) is 8.61. The molecule has 1 aliphatic rings. The summed E-state index contributed by atoms with van der Waals surface area (Å²) in [5.41, 5.74) is 2.19. The number of aryl methyl sites for hydroxylation is 1. The minimum Gasteiger partial charge on any atom is -0.370 e. The lowest BCUT2D eigenvalue weighted by atomic mass is 10.0. The van der Waals surface area contributed by atoms with E-state index >= 15 is 0 Å². The zero-order valence-corrected chi connectivity index (χ0v) is 18.2. The molecule has 24 heavy (non-hydrogen) atoms. The Kier molecular flexibility index (Phi) is 12.9. The lowest BCUT2D eigenvalue weighted by Gasteiger charge is -2.27. The second kappa shape index (κ2) is 12.3. The summed E-state index contributed by atoms with van der Waals surface area (Å²) in [6.45, 7) is 20.4. The van der Waals surface area contributed by atoms with Gasteiger partial charge in [-0.1, -0.05) is 47.6 Å². The summed E-state index contributed by atoms with van der Waals surface area (Å²) in [7, 11) is 4.17. The highest BCUT2D eigenvalue weighted by atomic mass is 15.1. The van der Waals surface area contributed by atoms with Crippen LogP contribution in [0.1, 0.15) is 74.3 Å². The third-order valence-corrected chi connectivity index (χ3v) is 3.15. The topological polar surface area (TPSA) is 28.2 Å². The van der Waals surface area contributed by atoms with E-state index in [2.05, 4.69) is 83.8 Å². The van der Waals surface area contributed by atoms with Gasteiger partial charge in [-0.05, 0) is 64.8 Å². The number of fused-ring (bicyclic) bond motifs is 1. The molecule has 0 saturated heterocycles. The van der Waals surface area contributed by atoms with Gasteiger partial charge in [-0.25, -0.2) is 4.98 Å². The number of hydrogen-bond acceptors (Lipinski definition) is 3. The fourth-order valence-electron chi connectivity index (χ4n) is 1.29. The first-order valence-electron chi connectivity index (χ1n) is 9.26. The predicted octanol–water partition coefficient (Wildman–Crippen LogP) is 5.86. The van der Waals surface area contributed by atoms with Gasteiger partial charge in [0.15, 0.2) is 0 Å². The molecule has 1 aliphatic heterocycles. The van der Waals surface area contributed by atoms with Crippen molar-refractivity contribution in [2.24, 2.45) is 5.41 Å². The van der Waals surface area contributed by atoms with Gasteiger partial charge < -0.3 is 10.2 Å². The maximum absolute atomic E-state index is 4.21. The SMILES string of the molecule is CC.CC(C)(C)C.CN(C)C(C)(C)C.c1cnc2c(c1)CCCN2. The van der Waals surface area contributed by atoms with Gasteiger partial charge in [-0.3, -0.25) is 0 Å². The maximum atomic E-state index is 4.21. The van der Waals surface area contributed by atoms with Crippen molar-refractivity contribution in [2.45, 2.75) is 80.7 Å². The first-order chi connectivity index (χ1) is 10.9. The predicted molar refractivity (Wildman–Crippen MR) is 111 cm³/mol. The van der Waals surface area contributed by atoms with Crippen molar-refractivity contribution in [3.8, 4) is 0 Å². The Hall–Kier alpha value is -1.09. The molecule has 3 nitrogen and oxygen atoms in total. The molecule has 0 saturated carbocycles. The lowest BCUT2D eigenvalue weighted by molar-refractivity contribution is 0.219. The third-order valence-electron chi connectivity index (χ3n) is 3.15. The smallest absolute Gasteiger partial charge is 0.129 e. The van der Waals surface area contributed by atoms with E-state index in [1.165, 1.54) is 18.4 Å². The van der Waals surface area contributed by atoms with E-state index in [0.29, 0.717) is 11.0 Å². The van der Waals surface area contributed by atoms with Gasteiger partial charge >= 0.3 is 0 Å². The summed E-state index contributed by atoms with van der Waals surface area (Å²) in [4.78, 5) is 6.40. The van der Waals surface area contributed by atoms with E-state index in [1.54, 1.807) is 0 Å². The minimum absolute atomic E-state index is 0.333. The van der Waals surface area contributed by atoms with E-state index < -0.39 is 0 Å². The number of nitrogens with one attached hydrogen (secondary N) is 1. The van der Waals surface area contributed by atoms with Crippen molar-refractivity contribution in [2.75, 3.05) is 26.0 Å². The molecule has 0 unspecified atom stereocenters. The molecule has 0 bridgehead atoms. The molecule has 1 aromatic heterocycles. The van der Waals surface area contributed by atoms with Crippen molar-refractivity contribution < 1.29 is 0 Å². The fourth-order valence-corrected chi connectivity index (χ4v) is 1.29. The molecule has 2 heterocycles. The summed E-state index contributed by atoms with van der Waals surface area (Å²) in [5, 5.41) is 3.25. The summed E-state index contributed by atoms with van der Waals surface area (Å²) < 4.78 is 0. The number of hydrogen-bond donors (Lipinski definition) is 1. The molecule has 0 aromatic carbocycles. The molecule has 0 atom stereocenters. The van der Waals surface area contributed by atoms with E-state index in [0.717, 1.165) is 12.4 Å². The van der Waals surface area contributed by atoms with E-state index in [4.69, 9.17) is 0 Å². The van der Waals surface area contributed by atoms with Gasteiger partial charge in [0.05, 0.1) is 0 Å². The number of nitrogens with zero attached hydrogens (tertiary/aromatic N) is 2. The molecule has 1 N–H and O–H groups in total. The van der Waals surface area contributed by atoms with Gasteiger partial charge in [0.25, 0.3) is 0 Å². The number of anilines is 1. The average Bonchev–Trinajstić information content (AvgIpc) is 2.47. The van der Waals surface area contributed by atoms with Crippen LogP contribution in [0.15, 0.2) is 18.3 Å². The van der Waals surface area contributed by atoms with E-state index in [9.17, 15) is 0 Å². The van der Waals surface area contributed by atoms with Crippen molar-refractivity contribution in [3.05, 3.63) is 23.9 Å². The van der Waals surface area contributed by atoms with Gasteiger partial charge in [-0.2, -0.15) is 0 Å². The molecule has 2 rings (SSSR count). The van der Waals surface area contributed by atoms with Crippen molar-refractivity contribution in [1.82, 2.24) is 9.88 Å². The van der Waals surface area contributed by atoms with E-state index in [-0.39, 0.29) is 0 Å². The van der Waals surface area contributed by atoms with Gasteiger partial charge in [-0.15, -0.1) is 0 Å². The Morgan fingerprint density at radius 2 is 1.46 bits per heavy atom. The molecule has 0 fully saturated rings. The summed E-state index contributed by atoms with van der Waals surface area (Å²) in [6.07, 6.45) is 4.24. The Morgan fingerprint density at radius 3 is 1.83 bits per heavy atom. The second-order valence-corrected chi connectivity index (χ2v) is 8.61. The molecule has 142 valence electrons. The average molecular weight is 338 g/mol. The molecule has 1 aromatic rings. The molecular formula is C21H43N3. The van der Waals surface area contributed by atoms with Gasteiger partial charge in [0.2, 0.25) is 0 Å². The highest BCUT2D eigenvalue weighted by molar-refractivity contribution is 5.45. The van der Waals surface area contributed by atoms with Crippen LogP contribution in [-0.4, -0.2) is 36.1 Å². The molecule has 0 spiro atoms. The first-order valence-corrected chi connectivity index (χ1v) is 9.26. The zero-order chi connectivity index (χ0) is 19.4. The summed E-state index contributed by atoms with van der Waals surface area (Å²) >= 11 is 0. The van der Waals surface area contributed by atoms with Gasteiger partial charge in [0.1, 0.15) is 5.82 Å². The molecule has 0 radical (unpaired) electrons. The Morgan fingerprint density at radius 1 is 1.00 bits per heavy atom. The Labute approximate surface area is 152 Å². The monoisotopic (exact) mass is 337 g/mol. The number of pyridine rings is 1. The normalized spacial score (nSPS) is 13.0. The highest BCUT2D eigenvalue weighted by Gasteiger charge is 2.10. The number of rotatable bonds is 0. The van der Waals surface area contributed by atoms with Crippen LogP contribution >= 0.6 is 0 Å². The standard InChI is InChI=1S/C8H10N2.C6H15N.C5H12.C2H6/c1-3-7-4-2-6-10-8(7)9-5-1;1-6(2,3)7(4)5;1-5(2,3)4;1-2/h1,3,5H,2,4,6H2,(H,9,10);1-5H3;1-4H3;1-2H3. The van der Waals surface area contributed by atoms with Crippen LogP contribution in [0.3, 0.4) is 0 Å².